The van der Waals surface area contributed by atoms with Crippen LogP contribution in [0.5, 0.6) is 5.75 Å². The molecule has 0 fully saturated rings. The van der Waals surface area contributed by atoms with Crippen molar-refractivity contribution in [1.29, 1.82) is 0 Å². The van der Waals surface area contributed by atoms with E-state index in [-0.39, 0.29) is 11.9 Å². The van der Waals surface area contributed by atoms with Gasteiger partial charge in [-0.3, -0.25) is 4.79 Å². The Balaban J connectivity index is 1.67. The number of nitrogens with zero attached hydrogens (tertiary/aromatic N) is 1. The van der Waals surface area contributed by atoms with Crippen LogP contribution in [0.15, 0.2) is 46.3 Å². The largest absolute Gasteiger partial charge is 0.494 e. The smallest absolute Gasteiger partial charge is 0.220 e. The number of rotatable bonds is 9. The molecular weight excluding hydrogens is 388 g/mol. The number of likely N-dealkylation sites (N-methyl/N-ethyl adjacent to an activating group) is 1. The number of hydrogen-bond donors (Lipinski definition) is 1. The molecule has 0 aliphatic heterocycles. The lowest BCUT2D eigenvalue weighted by molar-refractivity contribution is -0.121. The van der Waals surface area contributed by atoms with Crippen molar-refractivity contribution in [2.75, 3.05) is 27.2 Å². The summed E-state index contributed by atoms with van der Waals surface area (Å²) in [5.41, 5.74) is 0. The molecule has 1 heterocycles. The highest BCUT2D eigenvalue weighted by atomic mass is 79.9. The molecule has 2 aromatic rings. The fourth-order valence-corrected chi connectivity index (χ4v) is 3.60. The van der Waals surface area contributed by atoms with Crippen LogP contribution in [0.3, 0.4) is 0 Å². The molecule has 0 aliphatic rings. The first-order valence-electron chi connectivity index (χ1n) is 7.91. The van der Waals surface area contributed by atoms with Crippen LogP contribution in [0.25, 0.3) is 0 Å². The van der Waals surface area contributed by atoms with Crippen LogP contribution in [0.2, 0.25) is 0 Å². The van der Waals surface area contributed by atoms with Gasteiger partial charge in [-0.15, -0.1) is 11.3 Å². The van der Waals surface area contributed by atoms with E-state index < -0.39 is 0 Å². The summed E-state index contributed by atoms with van der Waals surface area (Å²) in [6.07, 6.45) is 1.17. The van der Waals surface area contributed by atoms with Crippen molar-refractivity contribution < 1.29 is 9.53 Å². The van der Waals surface area contributed by atoms with Gasteiger partial charge in [0.2, 0.25) is 5.91 Å². The molecular formula is C18H23BrN2O2S. The molecule has 1 amide bonds. The number of amides is 1. The van der Waals surface area contributed by atoms with Crippen molar-refractivity contribution in [3.05, 3.63) is 51.1 Å². The number of carbonyl (C=O) groups excluding carboxylic acids is 1. The quantitative estimate of drug-likeness (QED) is 0.632. The number of ether oxygens (including phenoxy) is 1. The fraction of sp³-hybridized carbons (Fsp3) is 0.389. The van der Waals surface area contributed by atoms with E-state index in [9.17, 15) is 4.79 Å². The first-order valence-corrected chi connectivity index (χ1v) is 9.58. The zero-order valence-corrected chi connectivity index (χ0v) is 16.4. The summed E-state index contributed by atoms with van der Waals surface area (Å²) in [5.74, 6) is 0.881. The predicted molar refractivity (Wildman–Crippen MR) is 103 cm³/mol. The number of hydrogen-bond acceptors (Lipinski definition) is 4. The molecule has 4 nitrogen and oxygen atoms in total. The summed E-state index contributed by atoms with van der Waals surface area (Å²) >= 11 is 5.12. The van der Waals surface area contributed by atoms with Gasteiger partial charge in [-0.1, -0.05) is 28.1 Å². The zero-order valence-electron chi connectivity index (χ0n) is 14.0. The molecule has 1 N–H and O–H groups in total. The van der Waals surface area contributed by atoms with Crippen molar-refractivity contribution in [3.8, 4) is 5.75 Å². The second kappa shape index (κ2) is 9.81. The van der Waals surface area contributed by atoms with Gasteiger partial charge in [0.1, 0.15) is 5.75 Å². The first kappa shape index (κ1) is 19.0. The van der Waals surface area contributed by atoms with Gasteiger partial charge in [0.15, 0.2) is 0 Å². The van der Waals surface area contributed by atoms with Gasteiger partial charge in [0.25, 0.3) is 0 Å². The van der Waals surface area contributed by atoms with Crippen LogP contribution in [0.4, 0.5) is 0 Å². The van der Waals surface area contributed by atoms with Gasteiger partial charge in [0.05, 0.1) is 12.6 Å². The van der Waals surface area contributed by atoms with Crippen LogP contribution in [-0.2, 0) is 4.79 Å². The van der Waals surface area contributed by atoms with Crippen molar-refractivity contribution in [3.63, 3.8) is 0 Å². The van der Waals surface area contributed by atoms with Gasteiger partial charge >= 0.3 is 0 Å². The van der Waals surface area contributed by atoms with Crippen LogP contribution < -0.4 is 10.1 Å². The molecule has 1 aromatic heterocycles. The highest BCUT2D eigenvalue weighted by Gasteiger charge is 2.15. The Hall–Kier alpha value is -1.37. The molecule has 0 bridgehead atoms. The molecule has 0 saturated carbocycles. The molecule has 1 unspecified atom stereocenters. The van der Waals surface area contributed by atoms with Gasteiger partial charge in [-0.2, -0.15) is 0 Å². The first-order chi connectivity index (χ1) is 11.6. The lowest BCUT2D eigenvalue weighted by Crippen LogP contribution is -2.34. The standard InChI is InChI=1S/C18H23BrN2O2S/c1-21(2)16(17-8-5-11-24-17)13-20-18(22)9-4-10-23-15-7-3-6-14(19)12-15/h3,5-8,11-12,16H,4,9-10,13H2,1-2H3,(H,20,22). The minimum Gasteiger partial charge on any atom is -0.494 e. The van der Waals surface area contributed by atoms with Crippen molar-refractivity contribution in [1.82, 2.24) is 10.2 Å². The third kappa shape index (κ3) is 6.26. The molecule has 1 aromatic carbocycles. The van der Waals surface area contributed by atoms with Gasteiger partial charge < -0.3 is 15.0 Å². The number of halogens is 1. The van der Waals surface area contributed by atoms with E-state index in [1.807, 2.05) is 44.4 Å². The maximum absolute atomic E-state index is 12.0. The molecule has 1 atom stereocenters. The third-order valence-corrected chi connectivity index (χ3v) is 5.07. The molecule has 0 saturated heterocycles. The van der Waals surface area contributed by atoms with Crippen LogP contribution >= 0.6 is 27.3 Å². The van der Waals surface area contributed by atoms with Crippen molar-refractivity contribution in [2.24, 2.45) is 0 Å². The highest BCUT2D eigenvalue weighted by molar-refractivity contribution is 9.10. The van der Waals surface area contributed by atoms with E-state index in [0.29, 0.717) is 26.0 Å². The Labute approximate surface area is 156 Å². The Bertz CT molecular complexity index is 632. The summed E-state index contributed by atoms with van der Waals surface area (Å²) < 4.78 is 6.63. The van der Waals surface area contributed by atoms with E-state index >= 15 is 0 Å². The number of thiophene rings is 1. The monoisotopic (exact) mass is 410 g/mol. The highest BCUT2D eigenvalue weighted by Crippen LogP contribution is 2.22. The van der Waals surface area contributed by atoms with E-state index in [0.717, 1.165) is 10.2 Å². The normalized spacial score (nSPS) is 12.2. The molecule has 0 aliphatic carbocycles. The van der Waals surface area contributed by atoms with Crippen LogP contribution in [-0.4, -0.2) is 38.1 Å². The van der Waals surface area contributed by atoms with Crippen molar-refractivity contribution >= 4 is 33.2 Å². The maximum atomic E-state index is 12.0. The second-order valence-corrected chi connectivity index (χ2v) is 7.60. The maximum Gasteiger partial charge on any atom is 0.220 e. The molecule has 6 heteroatoms. The lowest BCUT2D eigenvalue weighted by atomic mass is 10.2. The van der Waals surface area contributed by atoms with E-state index in [1.165, 1.54) is 4.88 Å². The Morgan fingerprint density at radius 2 is 2.17 bits per heavy atom. The molecule has 130 valence electrons. The minimum absolute atomic E-state index is 0.0660. The average molecular weight is 411 g/mol. The molecule has 2 rings (SSSR count). The summed E-state index contributed by atoms with van der Waals surface area (Å²) in [6, 6.07) is 12.1. The molecule has 0 spiro atoms. The van der Waals surface area contributed by atoms with E-state index in [2.05, 4.69) is 37.6 Å². The fourth-order valence-electron chi connectivity index (χ4n) is 2.30. The number of nitrogens with one attached hydrogen (secondary N) is 1. The minimum atomic E-state index is 0.0660. The Morgan fingerprint density at radius 3 is 2.83 bits per heavy atom. The lowest BCUT2D eigenvalue weighted by Gasteiger charge is -2.23. The Morgan fingerprint density at radius 1 is 1.33 bits per heavy atom. The van der Waals surface area contributed by atoms with Gasteiger partial charge in [0, 0.05) is 22.3 Å². The summed E-state index contributed by atoms with van der Waals surface area (Å²) in [7, 11) is 4.06. The summed E-state index contributed by atoms with van der Waals surface area (Å²) in [5, 5.41) is 5.09. The molecule has 24 heavy (non-hydrogen) atoms. The van der Waals surface area contributed by atoms with E-state index in [4.69, 9.17) is 4.74 Å². The Kier molecular flexibility index (Phi) is 7.75. The number of carbonyl (C=O) groups is 1. The van der Waals surface area contributed by atoms with Gasteiger partial charge in [-0.05, 0) is 50.2 Å². The summed E-state index contributed by atoms with van der Waals surface area (Å²) in [4.78, 5) is 15.4. The zero-order chi connectivity index (χ0) is 17.4. The second-order valence-electron chi connectivity index (χ2n) is 5.71. The molecule has 0 radical (unpaired) electrons. The predicted octanol–water partition coefficient (Wildman–Crippen LogP) is 4.09. The van der Waals surface area contributed by atoms with Gasteiger partial charge in [-0.25, -0.2) is 0 Å². The topological polar surface area (TPSA) is 41.6 Å². The summed E-state index contributed by atoms with van der Waals surface area (Å²) in [6.45, 7) is 1.16. The van der Waals surface area contributed by atoms with Crippen LogP contribution in [0.1, 0.15) is 23.8 Å². The van der Waals surface area contributed by atoms with Crippen LogP contribution in [0, 0.1) is 0 Å². The number of benzene rings is 1. The van der Waals surface area contributed by atoms with Crippen molar-refractivity contribution in [2.45, 2.75) is 18.9 Å². The third-order valence-electron chi connectivity index (χ3n) is 3.60. The average Bonchev–Trinajstić information content (AvgIpc) is 3.06. The van der Waals surface area contributed by atoms with E-state index in [1.54, 1.807) is 11.3 Å². The SMILES string of the molecule is CN(C)C(CNC(=O)CCCOc1cccc(Br)c1)c1cccs1.